The lowest BCUT2D eigenvalue weighted by Gasteiger charge is -2.14. The van der Waals surface area contributed by atoms with Gasteiger partial charge in [-0.3, -0.25) is 4.57 Å². The number of hydrogen-bond donors (Lipinski definition) is 0. The monoisotopic (exact) mass is 846 g/mol. The fourth-order valence-corrected chi connectivity index (χ4v) is 9.91. The fraction of sp³-hybridized carbons (Fsp3) is 0. The lowest BCUT2D eigenvalue weighted by molar-refractivity contribution is 0.621. The van der Waals surface area contributed by atoms with Crippen molar-refractivity contribution in [3.8, 4) is 57.0 Å². The smallest absolute Gasteiger partial charge is 0.238 e. The molecule has 0 radical (unpaired) electrons. The van der Waals surface area contributed by atoms with Crippen molar-refractivity contribution in [2.45, 2.75) is 0 Å². The van der Waals surface area contributed by atoms with Gasteiger partial charge in [0.1, 0.15) is 16.7 Å². The lowest BCUT2D eigenvalue weighted by Crippen LogP contribution is -2.07. The summed E-state index contributed by atoms with van der Waals surface area (Å²) in [5.41, 5.74) is 13.0. The molecule has 14 rings (SSSR count). The number of oxazole rings is 1. The van der Waals surface area contributed by atoms with E-state index in [-0.39, 0.29) is 0 Å². The third kappa shape index (κ3) is 5.45. The molecule has 0 fully saturated rings. The predicted octanol–water partition coefficient (Wildman–Crippen LogP) is 14.8. The SMILES string of the molecule is c1ccc(-c2nc(-c3cccc4oc5ccccc5c34)nc(-n3c4ccccc4c4ccc5c6ccccc6n(-c6ccc(-c7cccc8nc(-c9ccccc9)oc78)cc6)c5c43)n2)cc1. The molecule has 0 bridgehead atoms. The number of nitrogens with zero attached hydrogens (tertiary/aromatic N) is 6. The minimum atomic E-state index is 0.518. The Morgan fingerprint density at radius 2 is 0.939 bits per heavy atom. The third-order valence-electron chi connectivity index (χ3n) is 12.8. The van der Waals surface area contributed by atoms with Crippen molar-refractivity contribution in [3.63, 3.8) is 0 Å². The van der Waals surface area contributed by atoms with Crippen LogP contribution in [-0.2, 0) is 0 Å². The van der Waals surface area contributed by atoms with Crippen LogP contribution in [0.4, 0.5) is 0 Å². The van der Waals surface area contributed by atoms with Crippen molar-refractivity contribution in [2.75, 3.05) is 0 Å². The van der Waals surface area contributed by atoms with Gasteiger partial charge in [-0.15, -0.1) is 0 Å². The molecular weight excluding hydrogens is 813 g/mol. The maximum Gasteiger partial charge on any atom is 0.238 e. The summed E-state index contributed by atoms with van der Waals surface area (Å²) >= 11 is 0. The summed E-state index contributed by atoms with van der Waals surface area (Å²) in [5.74, 6) is 2.26. The van der Waals surface area contributed by atoms with Crippen LogP contribution in [0.3, 0.4) is 0 Å². The van der Waals surface area contributed by atoms with Gasteiger partial charge in [-0.2, -0.15) is 9.97 Å². The summed E-state index contributed by atoms with van der Waals surface area (Å²) in [4.78, 5) is 20.9. The standard InChI is InChI=1S/C58H34N6O2/c1-3-15-36(16-4-1)55-60-56(45-23-14-28-50-51(45)44-21-9-12-27-49(44)65-50)62-58(61-55)64-48-26-11-8-20-41(48)43-34-33-42-40-19-7-10-25-47(40)63(52(42)53(43)64)38-31-29-35(30-32-38)39-22-13-24-46-54(39)66-57(59-46)37-17-5-2-6-18-37/h1-34H. The van der Waals surface area contributed by atoms with Gasteiger partial charge in [0.2, 0.25) is 11.8 Å². The lowest BCUT2D eigenvalue weighted by atomic mass is 10.0. The third-order valence-corrected chi connectivity index (χ3v) is 12.8. The average molecular weight is 847 g/mol. The molecule has 0 aliphatic heterocycles. The summed E-state index contributed by atoms with van der Waals surface area (Å²) in [5, 5.41) is 6.44. The second-order valence-electron chi connectivity index (χ2n) is 16.6. The molecule has 8 nitrogen and oxygen atoms in total. The summed E-state index contributed by atoms with van der Waals surface area (Å²) in [6.07, 6.45) is 0. The average Bonchev–Trinajstić information content (AvgIpc) is 4.16. The van der Waals surface area contributed by atoms with Gasteiger partial charge in [0.05, 0.1) is 22.1 Å². The van der Waals surface area contributed by atoms with Crippen molar-refractivity contribution in [1.82, 2.24) is 29.1 Å². The highest BCUT2D eigenvalue weighted by molar-refractivity contribution is 6.24. The number of furan rings is 1. The molecule has 5 heterocycles. The molecule has 5 aromatic heterocycles. The summed E-state index contributed by atoms with van der Waals surface area (Å²) in [7, 11) is 0. The molecule has 0 spiro atoms. The first kappa shape index (κ1) is 36.4. The van der Waals surface area contributed by atoms with E-state index in [2.05, 4.69) is 112 Å². The molecule has 0 aliphatic carbocycles. The second kappa shape index (κ2) is 14.2. The second-order valence-corrected chi connectivity index (χ2v) is 16.6. The Kier molecular flexibility index (Phi) is 7.81. The van der Waals surface area contributed by atoms with Crippen LogP contribution >= 0.6 is 0 Å². The number of aromatic nitrogens is 6. The molecule has 66 heavy (non-hydrogen) atoms. The van der Waals surface area contributed by atoms with Gasteiger partial charge in [-0.25, -0.2) is 9.97 Å². The Labute approximate surface area is 376 Å². The zero-order valence-electron chi connectivity index (χ0n) is 35.1. The van der Waals surface area contributed by atoms with E-state index in [0.29, 0.717) is 23.5 Å². The van der Waals surface area contributed by atoms with Crippen LogP contribution in [0.5, 0.6) is 0 Å². The van der Waals surface area contributed by atoms with Crippen molar-refractivity contribution in [3.05, 3.63) is 206 Å². The Morgan fingerprint density at radius 1 is 0.348 bits per heavy atom. The van der Waals surface area contributed by atoms with Crippen LogP contribution in [0.2, 0.25) is 0 Å². The first-order chi connectivity index (χ1) is 32.7. The van der Waals surface area contributed by atoms with Crippen LogP contribution in [0.25, 0.3) is 134 Å². The van der Waals surface area contributed by atoms with E-state index in [1.54, 1.807) is 0 Å². The molecule has 8 heteroatoms. The minimum absolute atomic E-state index is 0.518. The molecule has 14 aromatic rings. The van der Waals surface area contributed by atoms with Crippen molar-refractivity contribution in [1.29, 1.82) is 0 Å². The van der Waals surface area contributed by atoms with Gasteiger partial charge < -0.3 is 13.4 Å². The molecule has 0 unspecified atom stereocenters. The Hall–Kier alpha value is -9.14. The molecule has 0 amide bonds. The van der Waals surface area contributed by atoms with E-state index in [9.17, 15) is 0 Å². The number of hydrogen-bond acceptors (Lipinski definition) is 6. The maximum absolute atomic E-state index is 6.46. The van der Waals surface area contributed by atoms with Gasteiger partial charge in [0.15, 0.2) is 17.2 Å². The summed E-state index contributed by atoms with van der Waals surface area (Å²) in [6.45, 7) is 0. The van der Waals surface area contributed by atoms with E-state index in [1.807, 2.05) is 103 Å². The van der Waals surface area contributed by atoms with E-state index in [4.69, 9.17) is 28.8 Å². The van der Waals surface area contributed by atoms with Gasteiger partial charge in [0, 0.05) is 60.3 Å². The molecule has 0 N–H and O–H groups in total. The number of fused-ring (bicyclic) bond motifs is 11. The van der Waals surface area contributed by atoms with Crippen LogP contribution in [0.15, 0.2) is 215 Å². The Morgan fingerprint density at radius 3 is 1.70 bits per heavy atom. The molecular formula is C58H34N6O2. The van der Waals surface area contributed by atoms with E-state index in [1.165, 1.54) is 0 Å². The quantitative estimate of drug-likeness (QED) is 0.166. The van der Waals surface area contributed by atoms with Gasteiger partial charge in [-0.05, 0) is 60.2 Å². The molecule has 0 saturated heterocycles. The highest BCUT2D eigenvalue weighted by atomic mass is 16.3. The van der Waals surface area contributed by atoms with Crippen LogP contribution in [0, 0.1) is 0 Å². The minimum Gasteiger partial charge on any atom is -0.456 e. The van der Waals surface area contributed by atoms with Gasteiger partial charge >= 0.3 is 0 Å². The number of para-hydroxylation sites is 4. The molecule has 0 saturated carbocycles. The number of benzene rings is 9. The summed E-state index contributed by atoms with van der Waals surface area (Å²) < 4.78 is 17.4. The molecule has 0 atom stereocenters. The van der Waals surface area contributed by atoms with Crippen molar-refractivity contribution in [2.24, 2.45) is 0 Å². The first-order valence-electron chi connectivity index (χ1n) is 22.0. The van der Waals surface area contributed by atoms with E-state index >= 15 is 0 Å². The Bertz CT molecular complexity index is 4220. The van der Waals surface area contributed by atoms with E-state index in [0.717, 1.165) is 110 Å². The maximum atomic E-state index is 6.46. The normalized spacial score (nSPS) is 11.9. The summed E-state index contributed by atoms with van der Waals surface area (Å²) in [6, 6.07) is 71.0. The predicted molar refractivity (Wildman–Crippen MR) is 265 cm³/mol. The zero-order valence-corrected chi connectivity index (χ0v) is 35.1. The van der Waals surface area contributed by atoms with Crippen molar-refractivity contribution < 1.29 is 8.83 Å². The molecule has 0 aliphatic rings. The zero-order chi connectivity index (χ0) is 43.3. The Balaban J connectivity index is 1.03. The molecule has 308 valence electrons. The molecule has 9 aromatic carbocycles. The van der Waals surface area contributed by atoms with E-state index < -0.39 is 0 Å². The van der Waals surface area contributed by atoms with Gasteiger partial charge in [-0.1, -0.05) is 152 Å². The van der Waals surface area contributed by atoms with Gasteiger partial charge in [0.25, 0.3) is 0 Å². The van der Waals surface area contributed by atoms with Crippen molar-refractivity contribution >= 4 is 76.6 Å². The van der Waals surface area contributed by atoms with Crippen LogP contribution in [-0.4, -0.2) is 29.1 Å². The largest absolute Gasteiger partial charge is 0.456 e. The highest BCUT2D eigenvalue weighted by Gasteiger charge is 2.25. The van der Waals surface area contributed by atoms with Crippen LogP contribution < -0.4 is 0 Å². The first-order valence-corrected chi connectivity index (χ1v) is 22.0. The highest BCUT2D eigenvalue weighted by Crippen LogP contribution is 2.43. The fourth-order valence-electron chi connectivity index (χ4n) is 9.91. The topological polar surface area (TPSA) is 87.7 Å². The number of rotatable bonds is 6. The van der Waals surface area contributed by atoms with Crippen LogP contribution in [0.1, 0.15) is 0 Å².